The number of nitrogens with one attached hydrogen (secondary N) is 2. The highest BCUT2D eigenvalue weighted by molar-refractivity contribution is 5.93. The van der Waals surface area contributed by atoms with Crippen LogP contribution in [0.2, 0.25) is 0 Å². The van der Waals surface area contributed by atoms with Gasteiger partial charge in [0.15, 0.2) is 18.1 Å². The van der Waals surface area contributed by atoms with Crippen LogP contribution in [-0.4, -0.2) is 32.6 Å². The first kappa shape index (κ1) is 20.8. The molecule has 2 rings (SSSR count). The highest BCUT2D eigenvalue weighted by Gasteiger charge is 2.07. The monoisotopic (exact) mass is 384 g/mol. The van der Waals surface area contributed by atoms with E-state index in [1.165, 1.54) is 13.2 Å². The first-order chi connectivity index (χ1) is 13.4. The molecule has 7 nitrogen and oxygen atoms in total. The predicted molar refractivity (Wildman–Crippen MR) is 106 cm³/mol. The summed E-state index contributed by atoms with van der Waals surface area (Å²) in [5.41, 5.74) is 7.32. The van der Waals surface area contributed by atoms with Crippen LogP contribution in [0.3, 0.4) is 0 Å². The molecule has 0 aliphatic heterocycles. The molecule has 2 aromatic carbocycles. The van der Waals surface area contributed by atoms with Gasteiger partial charge in [0.05, 0.1) is 14.2 Å². The first-order valence-electron chi connectivity index (χ1n) is 8.62. The smallest absolute Gasteiger partial charge is 0.276 e. The largest absolute Gasteiger partial charge is 0.493 e. The third-order valence-corrected chi connectivity index (χ3v) is 3.86. The van der Waals surface area contributed by atoms with E-state index in [-0.39, 0.29) is 6.61 Å². The van der Waals surface area contributed by atoms with Gasteiger partial charge >= 0.3 is 0 Å². The van der Waals surface area contributed by atoms with Gasteiger partial charge in [0, 0.05) is 6.08 Å². The molecular formula is C21H24N2O5. The third-order valence-electron chi connectivity index (χ3n) is 3.86. The van der Waals surface area contributed by atoms with Crippen LogP contribution in [0.4, 0.5) is 0 Å². The van der Waals surface area contributed by atoms with Gasteiger partial charge in [0.25, 0.3) is 11.8 Å². The van der Waals surface area contributed by atoms with Crippen LogP contribution in [0.5, 0.6) is 17.2 Å². The van der Waals surface area contributed by atoms with Crippen LogP contribution in [0, 0.1) is 13.8 Å². The molecule has 148 valence electrons. The topological polar surface area (TPSA) is 85.9 Å². The fraction of sp³-hybridized carbons (Fsp3) is 0.238. The fourth-order valence-corrected chi connectivity index (χ4v) is 2.34. The molecule has 2 aromatic rings. The molecule has 0 aliphatic rings. The highest BCUT2D eigenvalue weighted by Crippen LogP contribution is 2.27. The summed E-state index contributed by atoms with van der Waals surface area (Å²) < 4.78 is 15.9. The van der Waals surface area contributed by atoms with Crippen molar-refractivity contribution in [2.45, 2.75) is 13.8 Å². The predicted octanol–water partition coefficient (Wildman–Crippen LogP) is 2.56. The number of amides is 2. The summed E-state index contributed by atoms with van der Waals surface area (Å²) in [6, 6.07) is 11.0. The van der Waals surface area contributed by atoms with E-state index in [0.717, 1.165) is 16.7 Å². The highest BCUT2D eigenvalue weighted by atomic mass is 16.5. The number of aryl methyl sites for hydroxylation is 2. The summed E-state index contributed by atoms with van der Waals surface area (Å²) >= 11 is 0. The lowest BCUT2D eigenvalue weighted by atomic mass is 10.1. The van der Waals surface area contributed by atoms with Gasteiger partial charge in [-0.15, -0.1) is 0 Å². The van der Waals surface area contributed by atoms with Crippen LogP contribution >= 0.6 is 0 Å². The lowest BCUT2D eigenvalue weighted by Gasteiger charge is -2.10. The lowest BCUT2D eigenvalue weighted by Crippen LogP contribution is -2.43. The molecule has 0 unspecified atom stereocenters. The Morgan fingerprint density at radius 1 is 0.929 bits per heavy atom. The van der Waals surface area contributed by atoms with E-state index in [1.54, 1.807) is 31.4 Å². The molecule has 2 amide bonds. The van der Waals surface area contributed by atoms with Crippen molar-refractivity contribution in [3.8, 4) is 17.2 Å². The Kier molecular flexibility index (Phi) is 7.45. The van der Waals surface area contributed by atoms with Crippen LogP contribution in [0.1, 0.15) is 16.7 Å². The molecule has 7 heteroatoms. The average molecular weight is 384 g/mol. The molecule has 0 fully saturated rings. The fourth-order valence-electron chi connectivity index (χ4n) is 2.34. The van der Waals surface area contributed by atoms with Gasteiger partial charge < -0.3 is 14.2 Å². The number of hydrogen-bond acceptors (Lipinski definition) is 5. The second-order valence-corrected chi connectivity index (χ2v) is 6.04. The third kappa shape index (κ3) is 6.05. The molecule has 0 bridgehead atoms. The van der Waals surface area contributed by atoms with Crippen molar-refractivity contribution < 1.29 is 23.8 Å². The number of benzene rings is 2. The Hall–Kier alpha value is -3.48. The Morgan fingerprint density at radius 3 is 2.39 bits per heavy atom. The van der Waals surface area contributed by atoms with E-state index in [2.05, 4.69) is 10.9 Å². The first-order valence-corrected chi connectivity index (χ1v) is 8.62. The molecule has 0 atom stereocenters. The zero-order valence-corrected chi connectivity index (χ0v) is 16.4. The van der Waals surface area contributed by atoms with Gasteiger partial charge in [-0.2, -0.15) is 0 Å². The van der Waals surface area contributed by atoms with Crippen LogP contribution in [-0.2, 0) is 9.59 Å². The zero-order chi connectivity index (χ0) is 20.5. The Labute approximate surface area is 164 Å². The Bertz CT molecular complexity index is 877. The number of hydrazine groups is 1. The normalized spacial score (nSPS) is 10.4. The number of carbonyl (C=O) groups excluding carboxylic acids is 2. The zero-order valence-electron chi connectivity index (χ0n) is 16.4. The van der Waals surface area contributed by atoms with E-state index < -0.39 is 11.8 Å². The number of ether oxygens (including phenoxy) is 3. The molecule has 0 spiro atoms. The molecule has 0 saturated heterocycles. The maximum absolute atomic E-state index is 11.9. The Balaban J connectivity index is 1.82. The van der Waals surface area contributed by atoms with E-state index in [1.807, 2.05) is 32.0 Å². The quantitative estimate of drug-likeness (QED) is 0.566. The molecule has 0 saturated carbocycles. The van der Waals surface area contributed by atoms with Crippen molar-refractivity contribution in [1.29, 1.82) is 0 Å². The molecule has 2 N–H and O–H groups in total. The van der Waals surface area contributed by atoms with Gasteiger partial charge in [0.1, 0.15) is 5.75 Å². The number of methoxy groups -OCH3 is 2. The van der Waals surface area contributed by atoms with Gasteiger partial charge in [0.2, 0.25) is 0 Å². The van der Waals surface area contributed by atoms with Gasteiger partial charge in [-0.25, -0.2) is 0 Å². The van der Waals surface area contributed by atoms with E-state index in [4.69, 9.17) is 14.2 Å². The van der Waals surface area contributed by atoms with Gasteiger partial charge in [-0.3, -0.25) is 20.4 Å². The minimum absolute atomic E-state index is 0.204. The van der Waals surface area contributed by atoms with Crippen molar-refractivity contribution in [2.75, 3.05) is 20.8 Å². The van der Waals surface area contributed by atoms with Crippen molar-refractivity contribution in [3.63, 3.8) is 0 Å². The molecule has 0 aromatic heterocycles. The average Bonchev–Trinajstić information content (AvgIpc) is 2.70. The van der Waals surface area contributed by atoms with Crippen LogP contribution in [0.15, 0.2) is 42.5 Å². The molecule has 28 heavy (non-hydrogen) atoms. The summed E-state index contributed by atoms with van der Waals surface area (Å²) in [6.45, 7) is 3.63. The summed E-state index contributed by atoms with van der Waals surface area (Å²) in [4.78, 5) is 23.7. The number of carbonyl (C=O) groups is 2. The lowest BCUT2D eigenvalue weighted by molar-refractivity contribution is -0.128. The number of rotatable bonds is 7. The second kappa shape index (κ2) is 10.0. The van der Waals surface area contributed by atoms with Crippen LogP contribution < -0.4 is 25.1 Å². The van der Waals surface area contributed by atoms with E-state index in [0.29, 0.717) is 17.2 Å². The maximum Gasteiger partial charge on any atom is 0.276 e. The van der Waals surface area contributed by atoms with Crippen molar-refractivity contribution in [2.24, 2.45) is 0 Å². The maximum atomic E-state index is 11.9. The summed E-state index contributed by atoms with van der Waals surface area (Å²) in [6.07, 6.45) is 2.89. The minimum atomic E-state index is -0.477. The molecule has 0 heterocycles. The van der Waals surface area contributed by atoms with Gasteiger partial charge in [-0.1, -0.05) is 18.2 Å². The minimum Gasteiger partial charge on any atom is -0.493 e. The van der Waals surface area contributed by atoms with Gasteiger partial charge in [-0.05, 0) is 54.8 Å². The SMILES string of the molecule is COc1ccc(/C=C/C(=O)NNC(=O)COc2cc(C)ccc2C)cc1OC. The van der Waals surface area contributed by atoms with E-state index in [9.17, 15) is 9.59 Å². The second-order valence-electron chi connectivity index (χ2n) is 6.04. The standard InChI is InChI=1S/C21H24N2O5/c1-14-5-6-15(2)18(11-14)28-13-21(25)23-22-20(24)10-8-16-7-9-17(26-3)19(12-16)27-4/h5-12H,13H2,1-4H3,(H,22,24)(H,23,25)/b10-8+. The summed E-state index contributed by atoms with van der Waals surface area (Å²) in [5.74, 6) is 0.848. The van der Waals surface area contributed by atoms with Crippen molar-refractivity contribution >= 4 is 17.9 Å². The number of hydrogen-bond donors (Lipinski definition) is 2. The molecular weight excluding hydrogens is 360 g/mol. The Morgan fingerprint density at radius 2 is 1.68 bits per heavy atom. The summed E-state index contributed by atoms with van der Waals surface area (Å²) in [5, 5.41) is 0. The van der Waals surface area contributed by atoms with E-state index >= 15 is 0 Å². The summed E-state index contributed by atoms with van der Waals surface area (Å²) in [7, 11) is 3.08. The molecule has 0 aliphatic carbocycles. The van der Waals surface area contributed by atoms with Crippen molar-refractivity contribution in [3.05, 3.63) is 59.2 Å². The molecule has 0 radical (unpaired) electrons. The van der Waals surface area contributed by atoms with Crippen molar-refractivity contribution in [1.82, 2.24) is 10.9 Å². The van der Waals surface area contributed by atoms with Crippen LogP contribution in [0.25, 0.3) is 6.08 Å².